The molecule has 0 aliphatic heterocycles. The van der Waals surface area contributed by atoms with E-state index in [-0.39, 0.29) is 17.5 Å². The van der Waals surface area contributed by atoms with E-state index in [1.54, 1.807) is 19.2 Å². The van der Waals surface area contributed by atoms with E-state index in [4.69, 9.17) is 10.6 Å². The zero-order chi connectivity index (χ0) is 13.9. The van der Waals surface area contributed by atoms with Crippen LogP contribution >= 0.6 is 15.9 Å². The average molecular weight is 331 g/mol. The average Bonchev–Trinajstić information content (AvgIpc) is 2.90. The molecule has 19 heavy (non-hydrogen) atoms. The molecular weight excluding hydrogens is 311 g/mol. The van der Waals surface area contributed by atoms with Crippen molar-refractivity contribution in [2.45, 2.75) is 43.7 Å². The van der Waals surface area contributed by atoms with Gasteiger partial charge in [0.1, 0.15) is 5.82 Å². The number of hydrogen-bond donors (Lipinski definition) is 2. The number of hydrazine groups is 1. The molecule has 0 amide bonds. The Labute approximate surface area is 121 Å². The Bertz CT molecular complexity index is 435. The molecule has 0 saturated heterocycles. The second-order valence-corrected chi connectivity index (χ2v) is 6.00. The second kappa shape index (κ2) is 6.31. The Hall–Kier alpha value is -0.490. The summed E-state index contributed by atoms with van der Waals surface area (Å²) in [7, 11) is 1.75. The van der Waals surface area contributed by atoms with Crippen molar-refractivity contribution in [2.24, 2.45) is 5.84 Å². The van der Waals surface area contributed by atoms with Gasteiger partial charge in [-0.15, -0.1) is 0 Å². The lowest BCUT2D eigenvalue weighted by atomic mass is 9.88. The maximum atomic E-state index is 13.2. The Morgan fingerprint density at radius 2 is 2.16 bits per heavy atom. The zero-order valence-corrected chi connectivity index (χ0v) is 12.7. The van der Waals surface area contributed by atoms with Gasteiger partial charge >= 0.3 is 0 Å². The van der Waals surface area contributed by atoms with Gasteiger partial charge in [0.15, 0.2) is 0 Å². The third kappa shape index (κ3) is 3.16. The Balaban J connectivity index is 2.16. The summed E-state index contributed by atoms with van der Waals surface area (Å²) in [5.74, 6) is 5.47. The van der Waals surface area contributed by atoms with Gasteiger partial charge in [0.25, 0.3) is 0 Å². The summed E-state index contributed by atoms with van der Waals surface area (Å²) in [5, 5.41) is 0. The fraction of sp³-hybridized carbons (Fsp3) is 0.571. The Morgan fingerprint density at radius 3 is 2.68 bits per heavy atom. The largest absolute Gasteiger partial charge is 0.377 e. The van der Waals surface area contributed by atoms with Crippen LogP contribution in [-0.4, -0.2) is 18.8 Å². The molecule has 0 aromatic heterocycles. The highest BCUT2D eigenvalue weighted by Gasteiger charge is 2.41. The van der Waals surface area contributed by atoms with Gasteiger partial charge < -0.3 is 4.74 Å². The molecule has 0 spiro atoms. The van der Waals surface area contributed by atoms with Crippen LogP contribution in [0.25, 0.3) is 0 Å². The molecule has 1 fully saturated rings. The molecule has 1 aromatic rings. The molecule has 1 aliphatic carbocycles. The highest BCUT2D eigenvalue weighted by Crippen LogP contribution is 2.36. The standard InChI is InChI=1S/C14H20BrFN2O/c1-19-14(6-2-3-7-14)13(18-17)9-10-4-5-12(16)11(15)8-10/h4-5,8,13,18H,2-3,6-7,9,17H2,1H3. The first-order valence-corrected chi connectivity index (χ1v) is 7.36. The van der Waals surface area contributed by atoms with Crippen molar-refractivity contribution in [1.82, 2.24) is 5.43 Å². The number of halogens is 2. The fourth-order valence-corrected chi connectivity index (χ4v) is 3.39. The first-order valence-electron chi connectivity index (χ1n) is 6.56. The van der Waals surface area contributed by atoms with Crippen LogP contribution in [-0.2, 0) is 11.2 Å². The molecule has 0 heterocycles. The molecule has 1 atom stereocenters. The molecule has 1 aliphatic rings. The summed E-state index contributed by atoms with van der Waals surface area (Å²) in [6, 6.07) is 5.11. The highest BCUT2D eigenvalue weighted by atomic mass is 79.9. The normalized spacial score (nSPS) is 19.6. The lowest BCUT2D eigenvalue weighted by Gasteiger charge is -2.36. The van der Waals surface area contributed by atoms with Crippen LogP contribution in [0, 0.1) is 5.82 Å². The molecular formula is C14H20BrFN2O. The fourth-order valence-electron chi connectivity index (χ4n) is 2.97. The number of ether oxygens (including phenoxy) is 1. The van der Waals surface area contributed by atoms with Crippen molar-refractivity contribution in [3.05, 3.63) is 34.1 Å². The molecule has 1 aromatic carbocycles. The summed E-state index contributed by atoms with van der Waals surface area (Å²) in [6.45, 7) is 0. The summed E-state index contributed by atoms with van der Waals surface area (Å²) in [5.41, 5.74) is 3.73. The van der Waals surface area contributed by atoms with Gasteiger partial charge in [0, 0.05) is 7.11 Å². The quantitative estimate of drug-likeness (QED) is 0.644. The molecule has 3 N–H and O–H groups in total. The third-order valence-electron chi connectivity index (χ3n) is 4.12. The smallest absolute Gasteiger partial charge is 0.137 e. The molecule has 5 heteroatoms. The van der Waals surface area contributed by atoms with Crippen molar-refractivity contribution >= 4 is 15.9 Å². The van der Waals surface area contributed by atoms with Crippen molar-refractivity contribution in [1.29, 1.82) is 0 Å². The van der Waals surface area contributed by atoms with E-state index < -0.39 is 0 Å². The maximum Gasteiger partial charge on any atom is 0.137 e. The first kappa shape index (κ1) is 14.9. The summed E-state index contributed by atoms with van der Waals surface area (Å²) in [4.78, 5) is 0. The molecule has 3 nitrogen and oxygen atoms in total. The molecule has 1 saturated carbocycles. The van der Waals surface area contributed by atoms with E-state index in [2.05, 4.69) is 21.4 Å². The minimum atomic E-state index is -0.247. The maximum absolute atomic E-state index is 13.2. The van der Waals surface area contributed by atoms with Crippen LogP contribution in [0.2, 0.25) is 0 Å². The monoisotopic (exact) mass is 330 g/mol. The van der Waals surface area contributed by atoms with E-state index in [1.807, 2.05) is 0 Å². The van der Waals surface area contributed by atoms with Crippen molar-refractivity contribution in [2.75, 3.05) is 7.11 Å². The third-order valence-corrected chi connectivity index (χ3v) is 4.72. The number of hydrogen-bond acceptors (Lipinski definition) is 3. The van der Waals surface area contributed by atoms with Crippen LogP contribution in [0.5, 0.6) is 0 Å². The minimum Gasteiger partial charge on any atom is -0.377 e. The molecule has 106 valence electrons. The van der Waals surface area contributed by atoms with Gasteiger partial charge in [-0.2, -0.15) is 0 Å². The minimum absolute atomic E-state index is 0.0392. The number of benzene rings is 1. The summed E-state index contributed by atoms with van der Waals surface area (Å²) in [6.07, 6.45) is 5.09. The molecule has 0 radical (unpaired) electrons. The van der Waals surface area contributed by atoms with Gasteiger partial charge in [-0.1, -0.05) is 18.9 Å². The van der Waals surface area contributed by atoms with Crippen LogP contribution < -0.4 is 11.3 Å². The zero-order valence-electron chi connectivity index (χ0n) is 11.1. The van der Waals surface area contributed by atoms with Gasteiger partial charge in [-0.05, 0) is 52.9 Å². The van der Waals surface area contributed by atoms with E-state index >= 15 is 0 Å². The lowest BCUT2D eigenvalue weighted by Crippen LogP contribution is -2.54. The lowest BCUT2D eigenvalue weighted by molar-refractivity contribution is -0.0355. The van der Waals surface area contributed by atoms with E-state index in [1.165, 1.54) is 18.9 Å². The van der Waals surface area contributed by atoms with E-state index in [0.717, 1.165) is 24.8 Å². The number of nitrogens with one attached hydrogen (secondary N) is 1. The predicted molar refractivity (Wildman–Crippen MR) is 77.1 cm³/mol. The number of methoxy groups -OCH3 is 1. The predicted octanol–water partition coefficient (Wildman–Crippen LogP) is 2.92. The van der Waals surface area contributed by atoms with Gasteiger partial charge in [0.2, 0.25) is 0 Å². The molecule has 2 rings (SSSR count). The second-order valence-electron chi connectivity index (χ2n) is 5.15. The SMILES string of the molecule is COC1(C(Cc2ccc(F)c(Br)c2)NN)CCCC1. The van der Waals surface area contributed by atoms with Crippen LogP contribution in [0.1, 0.15) is 31.2 Å². The Kier molecular flexibility index (Phi) is 4.95. The van der Waals surface area contributed by atoms with Crippen molar-refractivity contribution in [3.8, 4) is 0 Å². The van der Waals surface area contributed by atoms with Gasteiger partial charge in [-0.3, -0.25) is 11.3 Å². The van der Waals surface area contributed by atoms with Crippen LogP contribution in [0.3, 0.4) is 0 Å². The highest BCUT2D eigenvalue weighted by molar-refractivity contribution is 9.10. The number of nitrogens with two attached hydrogens (primary N) is 1. The molecule has 1 unspecified atom stereocenters. The van der Waals surface area contributed by atoms with Crippen LogP contribution in [0.15, 0.2) is 22.7 Å². The van der Waals surface area contributed by atoms with Crippen LogP contribution in [0.4, 0.5) is 4.39 Å². The van der Waals surface area contributed by atoms with Crippen molar-refractivity contribution < 1.29 is 9.13 Å². The first-order chi connectivity index (χ1) is 9.11. The van der Waals surface area contributed by atoms with E-state index in [9.17, 15) is 4.39 Å². The van der Waals surface area contributed by atoms with Gasteiger partial charge in [-0.25, -0.2) is 4.39 Å². The number of rotatable bonds is 5. The molecule has 0 bridgehead atoms. The van der Waals surface area contributed by atoms with E-state index in [0.29, 0.717) is 4.47 Å². The topological polar surface area (TPSA) is 47.3 Å². The summed E-state index contributed by atoms with van der Waals surface area (Å²) >= 11 is 3.21. The summed E-state index contributed by atoms with van der Waals surface area (Å²) < 4.78 is 19.5. The Morgan fingerprint density at radius 1 is 1.47 bits per heavy atom. The van der Waals surface area contributed by atoms with Crippen molar-refractivity contribution in [3.63, 3.8) is 0 Å². The van der Waals surface area contributed by atoms with Gasteiger partial charge in [0.05, 0.1) is 16.1 Å².